The van der Waals surface area contributed by atoms with Crippen molar-refractivity contribution in [3.05, 3.63) is 35.4 Å². The fraction of sp³-hybridized carbons (Fsp3) is 0.467. The number of alkyl halides is 3. The number of rotatable bonds is 2. The van der Waals surface area contributed by atoms with Crippen LogP contribution in [0.3, 0.4) is 0 Å². The van der Waals surface area contributed by atoms with Gasteiger partial charge in [0.1, 0.15) is 5.60 Å². The van der Waals surface area contributed by atoms with Gasteiger partial charge in [0.25, 0.3) is 0 Å². The van der Waals surface area contributed by atoms with Gasteiger partial charge < -0.3 is 4.74 Å². The first-order chi connectivity index (χ1) is 9.95. The Morgan fingerprint density at radius 2 is 1.82 bits per heavy atom. The summed E-state index contributed by atoms with van der Waals surface area (Å²) in [5.74, 6) is -2.00. The van der Waals surface area contributed by atoms with E-state index in [0.717, 1.165) is 0 Å². The molecule has 0 saturated carbocycles. The first kappa shape index (κ1) is 16.9. The van der Waals surface area contributed by atoms with E-state index in [2.05, 4.69) is 0 Å². The number of fused-ring (bicyclic) bond motifs is 1. The summed E-state index contributed by atoms with van der Waals surface area (Å²) in [5.41, 5.74) is -5.14. The molecule has 7 heteroatoms. The maximum absolute atomic E-state index is 12.9. The van der Waals surface area contributed by atoms with E-state index in [0.29, 0.717) is 5.56 Å². The molecule has 0 N–H and O–H groups in total. The number of ether oxygens (including phenoxy) is 1. The third-order valence-corrected chi connectivity index (χ3v) is 4.16. The molecular weight excluding hydrogens is 317 g/mol. The first-order valence-electron chi connectivity index (χ1n) is 6.58. The number of ketones is 1. The van der Waals surface area contributed by atoms with Crippen molar-refractivity contribution in [1.29, 1.82) is 0 Å². The molecule has 120 valence electrons. The summed E-state index contributed by atoms with van der Waals surface area (Å²) in [6, 6.07) is 6.16. The number of thioether (sulfide) groups is 1. The summed E-state index contributed by atoms with van der Waals surface area (Å²) in [6.45, 7) is 4.64. The van der Waals surface area contributed by atoms with Crippen LogP contribution in [-0.2, 0) is 16.0 Å². The Bertz CT molecular complexity index is 619. The number of hydrogen-bond donors (Lipinski definition) is 0. The fourth-order valence-corrected chi connectivity index (χ4v) is 3.26. The van der Waals surface area contributed by atoms with Gasteiger partial charge in [0.05, 0.1) is 0 Å². The van der Waals surface area contributed by atoms with Crippen molar-refractivity contribution in [3.63, 3.8) is 0 Å². The number of benzene rings is 1. The molecule has 0 radical (unpaired) electrons. The van der Waals surface area contributed by atoms with E-state index in [1.807, 2.05) is 0 Å². The molecule has 0 unspecified atom stereocenters. The minimum absolute atomic E-state index is 0.144. The molecule has 1 aromatic rings. The second-order valence-electron chi connectivity index (χ2n) is 6.04. The van der Waals surface area contributed by atoms with Gasteiger partial charge >= 0.3 is 11.5 Å². The van der Waals surface area contributed by atoms with Crippen LogP contribution in [0.4, 0.5) is 13.2 Å². The average molecular weight is 332 g/mol. The van der Waals surface area contributed by atoms with Crippen LogP contribution in [0.5, 0.6) is 0 Å². The van der Waals surface area contributed by atoms with Crippen LogP contribution in [-0.4, -0.2) is 27.6 Å². The second-order valence-corrected chi connectivity index (χ2v) is 7.40. The maximum atomic E-state index is 12.9. The summed E-state index contributed by atoms with van der Waals surface area (Å²) >= 11 is -0.599. The molecule has 0 saturated heterocycles. The number of Topliss-reactive ketones (excluding diaryl/α,β-unsaturated/α-hetero) is 1. The monoisotopic (exact) mass is 332 g/mol. The van der Waals surface area contributed by atoms with Crippen molar-refractivity contribution in [3.8, 4) is 0 Å². The quantitative estimate of drug-likeness (QED) is 0.611. The van der Waals surface area contributed by atoms with Gasteiger partial charge in [-0.25, -0.2) is 0 Å². The van der Waals surface area contributed by atoms with Crippen LogP contribution in [0.1, 0.15) is 36.7 Å². The zero-order valence-corrected chi connectivity index (χ0v) is 13.1. The molecule has 1 aliphatic carbocycles. The Hall–Kier alpha value is -1.50. The number of esters is 1. The normalized spacial score (nSPS) is 21.6. The Labute approximate surface area is 130 Å². The molecule has 0 spiro atoms. The van der Waals surface area contributed by atoms with Crippen LogP contribution < -0.4 is 0 Å². The molecule has 0 fully saturated rings. The van der Waals surface area contributed by atoms with Crippen molar-refractivity contribution in [2.24, 2.45) is 0 Å². The standard InChI is InChI=1S/C15H15F3O3S/c1-13(2,3)21-12(20)14(22-15(16,17)18)8-9-6-4-5-7-10(9)11(14)19/h4-7H,8H2,1-3H3/t14-/m0/s1. The molecule has 22 heavy (non-hydrogen) atoms. The number of hydrogen-bond acceptors (Lipinski definition) is 4. The highest BCUT2D eigenvalue weighted by atomic mass is 32.2. The molecule has 1 aliphatic rings. The van der Waals surface area contributed by atoms with E-state index in [-0.39, 0.29) is 12.0 Å². The van der Waals surface area contributed by atoms with Gasteiger partial charge in [-0.2, -0.15) is 13.2 Å². The number of carbonyl (C=O) groups excluding carboxylic acids is 2. The second kappa shape index (κ2) is 5.30. The minimum atomic E-state index is -4.73. The van der Waals surface area contributed by atoms with Gasteiger partial charge in [-0.15, -0.1) is 0 Å². The van der Waals surface area contributed by atoms with Crippen molar-refractivity contribution < 1.29 is 27.5 Å². The van der Waals surface area contributed by atoms with Gasteiger partial charge in [0.2, 0.25) is 0 Å². The zero-order chi connectivity index (χ0) is 16.8. The Kier molecular flexibility index (Phi) is 4.06. The minimum Gasteiger partial charge on any atom is -0.459 e. The highest BCUT2D eigenvalue weighted by Crippen LogP contribution is 2.49. The van der Waals surface area contributed by atoms with Crippen LogP contribution in [0.2, 0.25) is 0 Å². The summed E-state index contributed by atoms with van der Waals surface area (Å²) in [7, 11) is 0. The average Bonchev–Trinajstić information content (AvgIpc) is 2.60. The van der Waals surface area contributed by atoms with Gasteiger partial charge in [0, 0.05) is 12.0 Å². The van der Waals surface area contributed by atoms with E-state index in [9.17, 15) is 22.8 Å². The van der Waals surface area contributed by atoms with E-state index in [1.165, 1.54) is 6.07 Å². The largest absolute Gasteiger partial charge is 0.459 e. The molecule has 0 aliphatic heterocycles. The first-order valence-corrected chi connectivity index (χ1v) is 7.39. The number of carbonyl (C=O) groups is 2. The van der Waals surface area contributed by atoms with Crippen molar-refractivity contribution in [2.45, 2.75) is 43.0 Å². The van der Waals surface area contributed by atoms with Crippen molar-refractivity contribution in [1.82, 2.24) is 0 Å². The predicted octanol–water partition coefficient (Wildman–Crippen LogP) is 3.76. The topological polar surface area (TPSA) is 43.4 Å². The summed E-state index contributed by atoms with van der Waals surface area (Å²) in [6.07, 6.45) is -0.318. The Morgan fingerprint density at radius 3 is 2.32 bits per heavy atom. The fourth-order valence-electron chi connectivity index (χ4n) is 2.31. The summed E-state index contributed by atoms with van der Waals surface area (Å²) in [4.78, 5) is 24.9. The van der Waals surface area contributed by atoms with Crippen molar-refractivity contribution >= 4 is 23.5 Å². The molecule has 1 atom stereocenters. The van der Waals surface area contributed by atoms with Gasteiger partial charge in [-0.3, -0.25) is 9.59 Å². The van der Waals surface area contributed by atoms with Crippen LogP contribution >= 0.6 is 11.8 Å². The highest BCUT2D eigenvalue weighted by Gasteiger charge is 2.59. The smallest absolute Gasteiger partial charge is 0.443 e. The molecule has 0 aromatic heterocycles. The lowest BCUT2D eigenvalue weighted by Crippen LogP contribution is -2.47. The summed E-state index contributed by atoms with van der Waals surface area (Å²) in [5, 5.41) is 0. The summed E-state index contributed by atoms with van der Waals surface area (Å²) < 4.78 is 41.6. The molecule has 2 rings (SSSR count). The molecule has 3 nitrogen and oxygen atoms in total. The SMILES string of the molecule is CC(C)(C)OC(=O)[C@]1(SC(F)(F)F)Cc2ccccc2C1=O. The molecule has 0 heterocycles. The molecule has 0 amide bonds. The van der Waals surface area contributed by atoms with Crippen molar-refractivity contribution in [2.75, 3.05) is 0 Å². The van der Waals surface area contributed by atoms with Gasteiger partial charge in [0.15, 0.2) is 10.5 Å². The van der Waals surface area contributed by atoms with E-state index in [4.69, 9.17) is 4.74 Å². The van der Waals surface area contributed by atoms with Crippen LogP contribution in [0.25, 0.3) is 0 Å². The van der Waals surface area contributed by atoms with Crippen LogP contribution in [0.15, 0.2) is 24.3 Å². The third-order valence-electron chi connectivity index (χ3n) is 3.09. The highest BCUT2D eigenvalue weighted by molar-refractivity contribution is 8.03. The van der Waals surface area contributed by atoms with Crippen LogP contribution in [0, 0.1) is 0 Å². The Balaban J connectivity index is 2.46. The maximum Gasteiger partial charge on any atom is 0.443 e. The van der Waals surface area contributed by atoms with E-state index in [1.54, 1.807) is 39.0 Å². The zero-order valence-electron chi connectivity index (χ0n) is 12.3. The molecule has 0 bridgehead atoms. The lowest BCUT2D eigenvalue weighted by atomic mass is 10.0. The Morgan fingerprint density at radius 1 is 1.23 bits per heavy atom. The third kappa shape index (κ3) is 3.29. The van der Waals surface area contributed by atoms with E-state index < -0.39 is 39.4 Å². The van der Waals surface area contributed by atoms with Gasteiger partial charge in [-0.1, -0.05) is 24.3 Å². The van der Waals surface area contributed by atoms with Gasteiger partial charge in [-0.05, 0) is 38.1 Å². The van der Waals surface area contributed by atoms with E-state index >= 15 is 0 Å². The predicted molar refractivity (Wildman–Crippen MR) is 76.7 cm³/mol. The number of halogens is 3. The lowest BCUT2D eigenvalue weighted by Gasteiger charge is -2.29. The molecule has 1 aromatic carbocycles. The molecular formula is C15H15F3O3S. The lowest BCUT2D eigenvalue weighted by molar-refractivity contribution is -0.156.